The number of rotatable bonds is 2. The standard InChI is InChI=1S/C20H20ClF3N2O2S/c1-12-3-6-17-14(9-12)15-11-25(2)8-7-18(15)26(17)29(27,28)19-10-13(20(22,23)24)4-5-16(19)21/h3-6,9-10,15,18H,7-8,11H2,1-2H3/t15-,18+/m0/s1. The number of likely N-dealkylation sites (N-methyl/N-ethyl adjacent to an activating group) is 1. The molecule has 2 aliphatic heterocycles. The van der Waals surface area contributed by atoms with Gasteiger partial charge in [-0.15, -0.1) is 0 Å². The molecule has 2 aromatic carbocycles. The summed E-state index contributed by atoms with van der Waals surface area (Å²) in [7, 11) is -2.30. The summed E-state index contributed by atoms with van der Waals surface area (Å²) in [6.45, 7) is 3.32. The van der Waals surface area contributed by atoms with E-state index in [-0.39, 0.29) is 17.0 Å². The molecule has 4 nitrogen and oxygen atoms in total. The molecule has 29 heavy (non-hydrogen) atoms. The van der Waals surface area contributed by atoms with Gasteiger partial charge in [-0.25, -0.2) is 8.42 Å². The maximum absolute atomic E-state index is 13.6. The Balaban J connectivity index is 1.88. The second kappa shape index (κ2) is 6.89. The average molecular weight is 445 g/mol. The van der Waals surface area contributed by atoms with Crippen LogP contribution in [0.2, 0.25) is 5.02 Å². The van der Waals surface area contributed by atoms with E-state index in [2.05, 4.69) is 4.90 Å². The van der Waals surface area contributed by atoms with E-state index in [4.69, 9.17) is 11.6 Å². The molecular formula is C20H20ClF3N2O2S. The predicted octanol–water partition coefficient (Wildman–Crippen LogP) is 4.66. The lowest BCUT2D eigenvalue weighted by atomic mass is 9.89. The number of piperidine rings is 1. The fraction of sp³-hybridized carbons (Fsp3) is 0.400. The van der Waals surface area contributed by atoms with Gasteiger partial charge in [0, 0.05) is 12.5 Å². The van der Waals surface area contributed by atoms with Gasteiger partial charge in [0.25, 0.3) is 10.0 Å². The maximum atomic E-state index is 13.6. The van der Waals surface area contributed by atoms with E-state index in [9.17, 15) is 21.6 Å². The molecule has 4 rings (SSSR count). The van der Waals surface area contributed by atoms with Crippen LogP contribution in [0.3, 0.4) is 0 Å². The van der Waals surface area contributed by atoms with Crippen molar-refractivity contribution in [3.63, 3.8) is 0 Å². The van der Waals surface area contributed by atoms with Crippen molar-refractivity contribution in [2.45, 2.75) is 36.4 Å². The van der Waals surface area contributed by atoms with Crippen LogP contribution in [0.4, 0.5) is 18.9 Å². The van der Waals surface area contributed by atoms with E-state index in [0.717, 1.165) is 23.3 Å². The molecule has 0 amide bonds. The molecule has 9 heteroatoms. The van der Waals surface area contributed by atoms with Crippen LogP contribution in [0, 0.1) is 6.92 Å². The number of nitrogens with zero attached hydrogens (tertiary/aromatic N) is 2. The normalized spacial score (nSPS) is 22.5. The zero-order valence-corrected chi connectivity index (χ0v) is 17.4. The van der Waals surface area contributed by atoms with Crippen molar-refractivity contribution in [2.24, 2.45) is 0 Å². The van der Waals surface area contributed by atoms with Crippen LogP contribution in [0.15, 0.2) is 41.3 Å². The highest BCUT2D eigenvalue weighted by molar-refractivity contribution is 7.93. The second-order valence-corrected chi connectivity index (χ2v) is 9.92. The van der Waals surface area contributed by atoms with Crippen LogP contribution in [0.5, 0.6) is 0 Å². The number of sulfonamides is 1. The summed E-state index contributed by atoms with van der Waals surface area (Å²) in [6, 6.07) is 7.59. The first-order valence-electron chi connectivity index (χ1n) is 9.20. The van der Waals surface area contributed by atoms with Gasteiger partial charge in [0.1, 0.15) is 4.90 Å². The van der Waals surface area contributed by atoms with Crippen molar-refractivity contribution >= 4 is 27.3 Å². The molecule has 0 N–H and O–H groups in total. The second-order valence-electron chi connectivity index (χ2n) is 7.73. The van der Waals surface area contributed by atoms with Gasteiger partial charge in [-0.2, -0.15) is 13.2 Å². The van der Waals surface area contributed by atoms with Gasteiger partial charge in [-0.1, -0.05) is 29.3 Å². The Morgan fingerprint density at radius 2 is 1.86 bits per heavy atom. The van der Waals surface area contributed by atoms with Gasteiger partial charge in [0.15, 0.2) is 0 Å². The third-order valence-corrected chi connectivity index (χ3v) is 8.02. The minimum atomic E-state index is -4.66. The number of halogens is 4. The van der Waals surface area contributed by atoms with E-state index >= 15 is 0 Å². The van der Waals surface area contributed by atoms with Crippen LogP contribution in [0.1, 0.15) is 29.0 Å². The minimum absolute atomic E-state index is 0.0389. The lowest BCUT2D eigenvalue weighted by molar-refractivity contribution is -0.137. The lowest BCUT2D eigenvalue weighted by Crippen LogP contribution is -2.47. The number of anilines is 1. The fourth-order valence-electron chi connectivity index (χ4n) is 4.33. The van der Waals surface area contributed by atoms with Gasteiger partial charge in [-0.05, 0) is 56.8 Å². The molecule has 1 saturated heterocycles. The Morgan fingerprint density at radius 3 is 2.55 bits per heavy atom. The quantitative estimate of drug-likeness (QED) is 0.676. The summed E-state index contributed by atoms with van der Waals surface area (Å²) in [4.78, 5) is 1.63. The summed E-state index contributed by atoms with van der Waals surface area (Å²) in [5, 5.41) is -0.219. The molecular weight excluding hydrogens is 425 g/mol. The Kier molecular flexibility index (Phi) is 4.87. The Morgan fingerprint density at radius 1 is 1.14 bits per heavy atom. The van der Waals surface area contributed by atoms with Gasteiger partial charge in [0.05, 0.1) is 22.3 Å². The van der Waals surface area contributed by atoms with Crippen LogP contribution in [0.25, 0.3) is 0 Å². The monoisotopic (exact) mass is 444 g/mol. The predicted molar refractivity (Wildman–Crippen MR) is 106 cm³/mol. The number of hydrogen-bond donors (Lipinski definition) is 0. The summed E-state index contributed by atoms with van der Waals surface area (Å²) >= 11 is 6.08. The topological polar surface area (TPSA) is 40.6 Å². The molecule has 0 bridgehead atoms. The third kappa shape index (κ3) is 3.41. The molecule has 0 saturated carbocycles. The third-order valence-electron chi connectivity index (χ3n) is 5.70. The van der Waals surface area contributed by atoms with Crippen LogP contribution < -0.4 is 4.31 Å². The first-order valence-corrected chi connectivity index (χ1v) is 11.0. The number of benzene rings is 2. The summed E-state index contributed by atoms with van der Waals surface area (Å²) in [5.74, 6) is -0.0389. The van der Waals surface area contributed by atoms with Gasteiger partial charge in [-0.3, -0.25) is 4.31 Å². The molecule has 2 aromatic rings. The highest BCUT2D eigenvalue weighted by Gasteiger charge is 2.47. The van der Waals surface area contributed by atoms with E-state index < -0.39 is 26.7 Å². The largest absolute Gasteiger partial charge is 0.416 e. The molecule has 2 heterocycles. The minimum Gasteiger partial charge on any atom is -0.306 e. The van der Waals surface area contributed by atoms with Gasteiger partial charge >= 0.3 is 6.18 Å². The lowest BCUT2D eigenvalue weighted by Gasteiger charge is -2.36. The van der Waals surface area contributed by atoms with Crippen molar-refractivity contribution in [1.82, 2.24) is 4.90 Å². The Bertz CT molecular complexity index is 1070. The van der Waals surface area contributed by atoms with Crippen molar-refractivity contribution in [3.05, 3.63) is 58.1 Å². The zero-order chi connectivity index (χ0) is 21.1. The van der Waals surface area contributed by atoms with Crippen molar-refractivity contribution in [3.8, 4) is 0 Å². The molecule has 0 radical (unpaired) electrons. The zero-order valence-electron chi connectivity index (χ0n) is 15.9. The molecule has 0 aliphatic carbocycles. The summed E-state index contributed by atoms with van der Waals surface area (Å²) in [6.07, 6.45) is -4.07. The highest BCUT2D eigenvalue weighted by atomic mass is 35.5. The van der Waals surface area contributed by atoms with Crippen molar-refractivity contribution < 1.29 is 21.6 Å². The smallest absolute Gasteiger partial charge is 0.306 e. The molecule has 0 spiro atoms. The van der Waals surface area contributed by atoms with Gasteiger partial charge in [0.2, 0.25) is 0 Å². The molecule has 156 valence electrons. The van der Waals surface area contributed by atoms with E-state index in [0.29, 0.717) is 31.3 Å². The average Bonchev–Trinajstić information content (AvgIpc) is 2.94. The van der Waals surface area contributed by atoms with Gasteiger partial charge < -0.3 is 4.90 Å². The number of alkyl halides is 3. The molecule has 2 aliphatic rings. The highest BCUT2D eigenvalue weighted by Crippen LogP contribution is 2.48. The molecule has 0 unspecified atom stereocenters. The molecule has 1 fully saturated rings. The molecule has 0 aromatic heterocycles. The number of fused-ring (bicyclic) bond motifs is 3. The Labute approximate surface area is 172 Å². The van der Waals surface area contributed by atoms with E-state index in [1.807, 2.05) is 26.1 Å². The molecule has 2 atom stereocenters. The number of aryl methyl sites for hydroxylation is 1. The first-order chi connectivity index (χ1) is 13.5. The number of likely N-dealkylation sites (tertiary alicyclic amines) is 1. The van der Waals surface area contributed by atoms with Crippen molar-refractivity contribution in [1.29, 1.82) is 0 Å². The summed E-state index contributed by atoms with van der Waals surface area (Å²) < 4.78 is 68.1. The number of hydrogen-bond acceptors (Lipinski definition) is 3. The van der Waals surface area contributed by atoms with Crippen LogP contribution >= 0.6 is 11.6 Å². The van der Waals surface area contributed by atoms with Crippen molar-refractivity contribution in [2.75, 3.05) is 24.4 Å². The fourth-order valence-corrected chi connectivity index (χ4v) is 6.58. The SMILES string of the molecule is Cc1ccc2c(c1)[C@@H]1CN(C)CC[C@H]1N2S(=O)(=O)c1cc(C(F)(F)F)ccc1Cl. The van der Waals surface area contributed by atoms with Crippen LogP contribution in [-0.4, -0.2) is 39.5 Å². The Hall–Kier alpha value is -1.77. The summed E-state index contributed by atoms with van der Waals surface area (Å²) in [5.41, 5.74) is 1.40. The maximum Gasteiger partial charge on any atom is 0.416 e. The van der Waals surface area contributed by atoms with E-state index in [1.165, 1.54) is 4.31 Å². The van der Waals surface area contributed by atoms with E-state index in [1.54, 1.807) is 6.07 Å². The first kappa shape index (κ1) is 20.5. The van der Waals surface area contributed by atoms with Crippen LogP contribution in [-0.2, 0) is 16.2 Å².